The Hall–Kier alpha value is -2.34. The molecule has 0 aliphatic carbocycles. The summed E-state index contributed by atoms with van der Waals surface area (Å²) in [5.41, 5.74) is 12.6. The highest BCUT2D eigenvalue weighted by Crippen LogP contribution is 2.34. The van der Waals surface area contributed by atoms with Gasteiger partial charge >= 0.3 is 0 Å². The van der Waals surface area contributed by atoms with Crippen LogP contribution in [0.15, 0.2) is 30.3 Å². The molecule has 0 radical (unpaired) electrons. The lowest BCUT2D eigenvalue weighted by molar-refractivity contribution is 0.172. The van der Waals surface area contributed by atoms with Crippen molar-refractivity contribution in [1.82, 2.24) is 4.98 Å². The molecule has 0 aliphatic rings. The van der Waals surface area contributed by atoms with Gasteiger partial charge in [-0.25, -0.2) is 9.37 Å². The standard InChI is InChI=1S/C15H18FN3O2/c1-20-7-2-8-21-13-5-3-10(16)9-12(13)11-4-6-14(17)19-15(11)18/h3-6,9H,2,7-8H2,1H3,(H4,17,18,19). The van der Waals surface area contributed by atoms with Gasteiger partial charge in [-0.05, 0) is 30.3 Å². The normalized spacial score (nSPS) is 10.6. The predicted octanol–water partition coefficient (Wildman–Crippen LogP) is 2.47. The van der Waals surface area contributed by atoms with Gasteiger partial charge in [-0.15, -0.1) is 0 Å². The lowest BCUT2D eigenvalue weighted by atomic mass is 10.1. The number of ether oxygens (including phenoxy) is 2. The summed E-state index contributed by atoms with van der Waals surface area (Å²) in [6, 6.07) is 7.61. The second-order valence-corrected chi connectivity index (χ2v) is 4.50. The Bertz CT molecular complexity index is 620. The van der Waals surface area contributed by atoms with Gasteiger partial charge in [0.2, 0.25) is 0 Å². The summed E-state index contributed by atoms with van der Waals surface area (Å²) in [5, 5.41) is 0. The predicted molar refractivity (Wildman–Crippen MR) is 80.4 cm³/mol. The number of hydrogen-bond acceptors (Lipinski definition) is 5. The van der Waals surface area contributed by atoms with E-state index in [0.29, 0.717) is 35.9 Å². The Morgan fingerprint density at radius 2 is 1.90 bits per heavy atom. The summed E-state index contributed by atoms with van der Waals surface area (Å²) in [6.07, 6.45) is 0.739. The highest BCUT2D eigenvalue weighted by atomic mass is 19.1. The first-order valence-corrected chi connectivity index (χ1v) is 6.55. The molecule has 0 saturated heterocycles. The molecular formula is C15H18FN3O2. The number of rotatable bonds is 6. The third-order valence-electron chi connectivity index (χ3n) is 2.93. The summed E-state index contributed by atoms with van der Waals surface area (Å²) in [6.45, 7) is 1.07. The van der Waals surface area contributed by atoms with E-state index in [1.165, 1.54) is 12.1 Å². The molecule has 0 fully saturated rings. The minimum atomic E-state index is -0.370. The van der Waals surface area contributed by atoms with Crippen molar-refractivity contribution in [2.75, 3.05) is 31.8 Å². The van der Waals surface area contributed by atoms with Crippen LogP contribution < -0.4 is 16.2 Å². The van der Waals surface area contributed by atoms with Gasteiger partial charge in [0.05, 0.1) is 6.61 Å². The van der Waals surface area contributed by atoms with E-state index >= 15 is 0 Å². The first-order valence-electron chi connectivity index (χ1n) is 6.55. The zero-order chi connectivity index (χ0) is 15.2. The lowest BCUT2D eigenvalue weighted by Gasteiger charge is -2.13. The van der Waals surface area contributed by atoms with E-state index in [4.69, 9.17) is 20.9 Å². The van der Waals surface area contributed by atoms with Crippen molar-refractivity contribution < 1.29 is 13.9 Å². The fourth-order valence-corrected chi connectivity index (χ4v) is 1.94. The van der Waals surface area contributed by atoms with Gasteiger partial charge < -0.3 is 20.9 Å². The first-order chi connectivity index (χ1) is 10.1. The molecule has 0 saturated carbocycles. The number of nitrogen functional groups attached to an aromatic ring is 2. The van der Waals surface area contributed by atoms with Crippen LogP contribution in [0.1, 0.15) is 6.42 Å². The van der Waals surface area contributed by atoms with Crippen molar-refractivity contribution in [1.29, 1.82) is 0 Å². The van der Waals surface area contributed by atoms with E-state index in [2.05, 4.69) is 4.98 Å². The lowest BCUT2D eigenvalue weighted by Crippen LogP contribution is -2.04. The maximum Gasteiger partial charge on any atom is 0.133 e. The Balaban J connectivity index is 2.30. The fourth-order valence-electron chi connectivity index (χ4n) is 1.94. The molecule has 0 unspecified atom stereocenters. The number of methoxy groups -OCH3 is 1. The number of aromatic nitrogens is 1. The maximum atomic E-state index is 13.5. The Kier molecular flexibility index (Phi) is 4.94. The van der Waals surface area contributed by atoms with Crippen molar-refractivity contribution in [2.45, 2.75) is 6.42 Å². The summed E-state index contributed by atoms with van der Waals surface area (Å²) in [5.74, 6) is 0.730. The SMILES string of the molecule is COCCCOc1ccc(F)cc1-c1ccc(N)nc1N. The van der Waals surface area contributed by atoms with E-state index < -0.39 is 0 Å². The van der Waals surface area contributed by atoms with Gasteiger partial charge in [0.1, 0.15) is 23.2 Å². The Morgan fingerprint density at radius 3 is 2.62 bits per heavy atom. The summed E-state index contributed by atoms with van der Waals surface area (Å²) in [7, 11) is 1.63. The fraction of sp³-hybridized carbons (Fsp3) is 0.267. The summed E-state index contributed by atoms with van der Waals surface area (Å²) >= 11 is 0. The molecule has 21 heavy (non-hydrogen) atoms. The Labute approximate surface area is 122 Å². The number of benzene rings is 1. The molecule has 1 aromatic carbocycles. The van der Waals surface area contributed by atoms with Crippen LogP contribution in [0.5, 0.6) is 5.75 Å². The molecule has 0 amide bonds. The molecule has 5 nitrogen and oxygen atoms in total. The second-order valence-electron chi connectivity index (χ2n) is 4.50. The highest BCUT2D eigenvalue weighted by Gasteiger charge is 2.12. The number of anilines is 2. The van der Waals surface area contributed by atoms with Crippen LogP contribution >= 0.6 is 0 Å². The zero-order valence-electron chi connectivity index (χ0n) is 11.8. The maximum absolute atomic E-state index is 13.5. The van der Waals surface area contributed by atoms with E-state index in [0.717, 1.165) is 6.42 Å². The largest absolute Gasteiger partial charge is 0.493 e. The van der Waals surface area contributed by atoms with E-state index in [1.807, 2.05) is 0 Å². The van der Waals surface area contributed by atoms with Gasteiger partial charge in [-0.2, -0.15) is 0 Å². The van der Waals surface area contributed by atoms with Crippen LogP contribution in [0, 0.1) is 5.82 Å². The zero-order valence-corrected chi connectivity index (χ0v) is 11.8. The molecule has 2 rings (SSSR count). The van der Waals surface area contributed by atoms with Gasteiger partial charge in [-0.3, -0.25) is 0 Å². The quantitative estimate of drug-likeness (QED) is 0.799. The van der Waals surface area contributed by atoms with Crippen LogP contribution in [-0.2, 0) is 4.74 Å². The number of nitrogens with zero attached hydrogens (tertiary/aromatic N) is 1. The molecule has 4 N–H and O–H groups in total. The van der Waals surface area contributed by atoms with Crippen molar-refractivity contribution in [3.63, 3.8) is 0 Å². The average Bonchev–Trinajstić information content (AvgIpc) is 2.45. The topological polar surface area (TPSA) is 83.4 Å². The third kappa shape index (κ3) is 3.82. The number of hydrogen-bond donors (Lipinski definition) is 2. The molecule has 0 aliphatic heterocycles. The first kappa shape index (κ1) is 15.1. The molecule has 0 bridgehead atoms. The molecule has 2 aromatic rings. The van der Waals surface area contributed by atoms with Crippen molar-refractivity contribution in [3.8, 4) is 16.9 Å². The van der Waals surface area contributed by atoms with Crippen LogP contribution in [0.3, 0.4) is 0 Å². The number of halogens is 1. The third-order valence-corrected chi connectivity index (χ3v) is 2.93. The van der Waals surface area contributed by atoms with Gasteiger partial charge in [0.25, 0.3) is 0 Å². The van der Waals surface area contributed by atoms with Crippen molar-refractivity contribution in [2.24, 2.45) is 0 Å². The number of nitrogens with two attached hydrogens (primary N) is 2. The minimum Gasteiger partial charge on any atom is -0.493 e. The smallest absolute Gasteiger partial charge is 0.133 e. The average molecular weight is 291 g/mol. The van der Waals surface area contributed by atoms with Crippen LogP contribution in [0.2, 0.25) is 0 Å². The van der Waals surface area contributed by atoms with Crippen molar-refractivity contribution >= 4 is 11.6 Å². The van der Waals surface area contributed by atoms with E-state index in [-0.39, 0.29) is 11.6 Å². The molecular weight excluding hydrogens is 273 g/mol. The highest BCUT2D eigenvalue weighted by molar-refractivity contribution is 5.79. The monoisotopic (exact) mass is 291 g/mol. The Morgan fingerprint density at radius 1 is 1.10 bits per heavy atom. The molecule has 1 aromatic heterocycles. The second kappa shape index (κ2) is 6.90. The van der Waals surface area contributed by atoms with Crippen LogP contribution in [0.25, 0.3) is 11.1 Å². The van der Waals surface area contributed by atoms with Gasteiger partial charge in [-0.1, -0.05) is 0 Å². The summed E-state index contributed by atoms with van der Waals surface area (Å²) < 4.78 is 24.2. The molecule has 0 atom stereocenters. The van der Waals surface area contributed by atoms with Crippen LogP contribution in [0.4, 0.5) is 16.0 Å². The van der Waals surface area contributed by atoms with E-state index in [9.17, 15) is 4.39 Å². The van der Waals surface area contributed by atoms with Gasteiger partial charge in [0.15, 0.2) is 0 Å². The van der Waals surface area contributed by atoms with Crippen molar-refractivity contribution in [3.05, 3.63) is 36.1 Å². The molecule has 112 valence electrons. The van der Waals surface area contributed by atoms with E-state index in [1.54, 1.807) is 25.3 Å². The minimum absolute atomic E-state index is 0.238. The van der Waals surface area contributed by atoms with Gasteiger partial charge in [0, 0.05) is 31.3 Å². The molecule has 6 heteroatoms. The molecule has 0 spiro atoms. The summed E-state index contributed by atoms with van der Waals surface area (Å²) in [4.78, 5) is 3.99. The number of pyridine rings is 1. The molecule has 1 heterocycles. The van der Waals surface area contributed by atoms with Crippen LogP contribution in [-0.4, -0.2) is 25.3 Å².